The van der Waals surface area contributed by atoms with Crippen molar-refractivity contribution in [2.24, 2.45) is 5.92 Å². The molecule has 0 aliphatic carbocycles. The third-order valence-electron chi connectivity index (χ3n) is 4.50. The van der Waals surface area contributed by atoms with Crippen molar-refractivity contribution in [1.29, 1.82) is 0 Å². The number of amides is 1. The summed E-state index contributed by atoms with van der Waals surface area (Å²) in [7, 11) is 0. The predicted octanol–water partition coefficient (Wildman–Crippen LogP) is 3.03. The van der Waals surface area contributed by atoms with Gasteiger partial charge in [0.15, 0.2) is 0 Å². The van der Waals surface area contributed by atoms with Crippen molar-refractivity contribution in [2.45, 2.75) is 26.7 Å². The summed E-state index contributed by atoms with van der Waals surface area (Å²) in [5.41, 5.74) is 2.07. The smallest absolute Gasteiger partial charge is 0.253 e. The number of hydrogen-bond donors (Lipinski definition) is 0. The van der Waals surface area contributed by atoms with Gasteiger partial charge in [-0.3, -0.25) is 9.78 Å². The van der Waals surface area contributed by atoms with Gasteiger partial charge in [-0.2, -0.15) is 0 Å². The first kappa shape index (κ1) is 17.4. The molecule has 1 aromatic carbocycles. The molecule has 2 aromatic rings. The minimum absolute atomic E-state index is 0.122. The average molecular weight is 338 g/mol. The number of anilines is 1. The molecule has 132 valence electrons. The van der Waals surface area contributed by atoms with Crippen molar-refractivity contribution < 1.29 is 4.79 Å². The maximum Gasteiger partial charge on any atom is 0.253 e. The topological polar surface area (TPSA) is 49.3 Å². The SMILES string of the molecule is CC(C)Cc1ccc(C(=O)N2CCCN(c3cnccn3)CC2)cc1. The summed E-state index contributed by atoms with van der Waals surface area (Å²) in [6.45, 7) is 7.59. The summed E-state index contributed by atoms with van der Waals surface area (Å²) in [5, 5.41) is 0. The molecule has 5 heteroatoms. The van der Waals surface area contributed by atoms with E-state index in [0.29, 0.717) is 12.5 Å². The third-order valence-corrected chi connectivity index (χ3v) is 4.50. The van der Waals surface area contributed by atoms with E-state index in [1.807, 2.05) is 17.0 Å². The van der Waals surface area contributed by atoms with Crippen LogP contribution in [0.25, 0.3) is 0 Å². The predicted molar refractivity (Wildman–Crippen MR) is 99.7 cm³/mol. The van der Waals surface area contributed by atoms with Crippen molar-refractivity contribution in [3.63, 3.8) is 0 Å². The molecule has 0 radical (unpaired) electrons. The van der Waals surface area contributed by atoms with Crippen LogP contribution in [0.2, 0.25) is 0 Å². The zero-order chi connectivity index (χ0) is 17.6. The lowest BCUT2D eigenvalue weighted by Crippen LogP contribution is -2.35. The van der Waals surface area contributed by atoms with E-state index < -0.39 is 0 Å². The fraction of sp³-hybridized carbons (Fsp3) is 0.450. The molecule has 0 N–H and O–H groups in total. The number of nitrogens with zero attached hydrogens (tertiary/aromatic N) is 4. The Morgan fingerprint density at radius 2 is 1.88 bits per heavy atom. The first-order chi connectivity index (χ1) is 12.1. The Kier molecular flexibility index (Phi) is 5.64. The fourth-order valence-corrected chi connectivity index (χ4v) is 3.24. The molecule has 1 saturated heterocycles. The number of carbonyl (C=O) groups excluding carboxylic acids is 1. The van der Waals surface area contributed by atoms with Crippen LogP contribution in [0.3, 0.4) is 0 Å². The van der Waals surface area contributed by atoms with Crippen LogP contribution in [-0.2, 0) is 6.42 Å². The second-order valence-corrected chi connectivity index (χ2v) is 6.99. The zero-order valence-corrected chi connectivity index (χ0v) is 15.1. The number of aromatic nitrogens is 2. The van der Waals surface area contributed by atoms with Crippen LogP contribution in [0.15, 0.2) is 42.9 Å². The van der Waals surface area contributed by atoms with E-state index in [2.05, 4.69) is 40.8 Å². The van der Waals surface area contributed by atoms with Crippen molar-refractivity contribution in [1.82, 2.24) is 14.9 Å². The van der Waals surface area contributed by atoms with Crippen LogP contribution in [0.1, 0.15) is 36.2 Å². The summed E-state index contributed by atoms with van der Waals surface area (Å²) in [5.74, 6) is 1.63. The molecule has 0 spiro atoms. The lowest BCUT2D eigenvalue weighted by molar-refractivity contribution is 0.0767. The van der Waals surface area contributed by atoms with Gasteiger partial charge in [0.2, 0.25) is 0 Å². The van der Waals surface area contributed by atoms with E-state index >= 15 is 0 Å². The Bertz CT molecular complexity index is 685. The summed E-state index contributed by atoms with van der Waals surface area (Å²) in [6, 6.07) is 8.09. The minimum Gasteiger partial charge on any atom is -0.354 e. The Balaban J connectivity index is 1.63. The van der Waals surface area contributed by atoms with Gasteiger partial charge < -0.3 is 9.80 Å². The molecule has 1 aliphatic rings. The number of hydrogen-bond acceptors (Lipinski definition) is 4. The van der Waals surface area contributed by atoms with Crippen LogP contribution < -0.4 is 4.90 Å². The lowest BCUT2D eigenvalue weighted by Gasteiger charge is -2.22. The second kappa shape index (κ2) is 8.10. The molecule has 25 heavy (non-hydrogen) atoms. The van der Waals surface area contributed by atoms with E-state index in [0.717, 1.165) is 43.9 Å². The normalized spacial score (nSPS) is 15.3. The van der Waals surface area contributed by atoms with Crippen LogP contribution in [0.4, 0.5) is 5.82 Å². The van der Waals surface area contributed by atoms with E-state index in [-0.39, 0.29) is 5.91 Å². The molecule has 1 fully saturated rings. The van der Waals surface area contributed by atoms with E-state index in [4.69, 9.17) is 0 Å². The van der Waals surface area contributed by atoms with Crippen LogP contribution in [0, 0.1) is 5.92 Å². The molecular weight excluding hydrogens is 312 g/mol. The molecular formula is C20H26N4O. The van der Waals surface area contributed by atoms with Crippen LogP contribution in [-0.4, -0.2) is 47.0 Å². The number of carbonyl (C=O) groups is 1. The van der Waals surface area contributed by atoms with Gasteiger partial charge in [0.1, 0.15) is 5.82 Å². The molecule has 3 rings (SSSR count). The molecule has 0 saturated carbocycles. The summed E-state index contributed by atoms with van der Waals surface area (Å²) in [4.78, 5) is 25.5. The molecule has 5 nitrogen and oxygen atoms in total. The first-order valence-corrected chi connectivity index (χ1v) is 9.02. The lowest BCUT2D eigenvalue weighted by atomic mass is 10.0. The van der Waals surface area contributed by atoms with Crippen molar-refractivity contribution in [3.8, 4) is 0 Å². The highest BCUT2D eigenvalue weighted by molar-refractivity contribution is 5.94. The Hall–Kier alpha value is -2.43. The zero-order valence-electron chi connectivity index (χ0n) is 15.1. The van der Waals surface area contributed by atoms with E-state index in [1.54, 1.807) is 18.6 Å². The van der Waals surface area contributed by atoms with E-state index in [9.17, 15) is 4.79 Å². The number of benzene rings is 1. The monoisotopic (exact) mass is 338 g/mol. The van der Waals surface area contributed by atoms with E-state index in [1.165, 1.54) is 5.56 Å². The molecule has 1 amide bonds. The Morgan fingerprint density at radius 3 is 2.56 bits per heavy atom. The average Bonchev–Trinajstić information content (AvgIpc) is 2.88. The quantitative estimate of drug-likeness (QED) is 0.860. The van der Waals surface area contributed by atoms with Gasteiger partial charge in [0.05, 0.1) is 6.20 Å². The van der Waals surface area contributed by atoms with Gasteiger partial charge >= 0.3 is 0 Å². The Labute approximate surface area is 149 Å². The van der Waals surface area contributed by atoms with Gasteiger partial charge in [-0.25, -0.2) is 4.98 Å². The largest absolute Gasteiger partial charge is 0.354 e. The van der Waals surface area contributed by atoms with Crippen molar-refractivity contribution in [3.05, 3.63) is 54.0 Å². The summed E-state index contributed by atoms with van der Waals surface area (Å²) in [6.07, 6.45) is 7.16. The molecule has 0 unspecified atom stereocenters. The Morgan fingerprint density at radius 1 is 1.08 bits per heavy atom. The summed E-state index contributed by atoms with van der Waals surface area (Å²) >= 11 is 0. The minimum atomic E-state index is 0.122. The first-order valence-electron chi connectivity index (χ1n) is 9.02. The van der Waals surface area contributed by atoms with Gasteiger partial charge in [0.25, 0.3) is 5.91 Å². The molecule has 0 atom stereocenters. The van der Waals surface area contributed by atoms with Gasteiger partial charge in [-0.15, -0.1) is 0 Å². The standard InChI is InChI=1S/C20H26N4O/c1-16(2)14-17-4-6-18(7-5-17)20(25)24-11-3-10-23(12-13-24)19-15-21-8-9-22-19/h4-9,15-16H,3,10-14H2,1-2H3. The highest BCUT2D eigenvalue weighted by atomic mass is 16.2. The second-order valence-electron chi connectivity index (χ2n) is 6.99. The fourth-order valence-electron chi connectivity index (χ4n) is 3.24. The summed E-state index contributed by atoms with van der Waals surface area (Å²) < 4.78 is 0. The molecule has 1 aliphatic heterocycles. The van der Waals surface area contributed by atoms with Crippen molar-refractivity contribution in [2.75, 3.05) is 31.1 Å². The van der Waals surface area contributed by atoms with Gasteiger partial charge in [0, 0.05) is 44.1 Å². The van der Waals surface area contributed by atoms with Crippen LogP contribution in [0.5, 0.6) is 0 Å². The van der Waals surface area contributed by atoms with Crippen molar-refractivity contribution >= 4 is 11.7 Å². The number of rotatable bonds is 4. The maximum absolute atomic E-state index is 12.8. The third kappa shape index (κ3) is 4.56. The maximum atomic E-state index is 12.8. The molecule has 2 heterocycles. The van der Waals surface area contributed by atoms with Gasteiger partial charge in [-0.1, -0.05) is 26.0 Å². The highest BCUT2D eigenvalue weighted by Gasteiger charge is 2.21. The van der Waals surface area contributed by atoms with Crippen LogP contribution >= 0.6 is 0 Å². The van der Waals surface area contributed by atoms with Gasteiger partial charge in [-0.05, 0) is 36.5 Å². The molecule has 0 bridgehead atoms. The molecule has 1 aromatic heterocycles. The highest BCUT2D eigenvalue weighted by Crippen LogP contribution is 2.15.